The van der Waals surface area contributed by atoms with Crippen LogP contribution in [0.15, 0.2) is 0 Å². The Kier molecular flexibility index (Phi) is 3.82. The first-order valence-electron chi connectivity index (χ1n) is 6.33. The Morgan fingerprint density at radius 3 is 2.75 bits per heavy atom. The predicted octanol–water partition coefficient (Wildman–Crippen LogP) is 0.454. The number of carbonyl (C=O) groups is 1. The molecule has 1 saturated heterocycles. The van der Waals surface area contributed by atoms with Gasteiger partial charge in [-0.25, -0.2) is 0 Å². The average Bonchev–Trinajstić information content (AvgIpc) is 2.48. The van der Waals surface area contributed by atoms with E-state index in [1.807, 2.05) is 0 Å². The Labute approximate surface area is 97.2 Å². The van der Waals surface area contributed by atoms with Crippen LogP contribution in [-0.2, 0) is 4.79 Å². The summed E-state index contributed by atoms with van der Waals surface area (Å²) in [7, 11) is 2.07. The van der Waals surface area contributed by atoms with Crippen molar-refractivity contribution in [3.8, 4) is 0 Å². The highest BCUT2D eigenvalue weighted by atomic mass is 16.3. The van der Waals surface area contributed by atoms with E-state index in [9.17, 15) is 9.90 Å². The molecule has 0 aromatic carbocycles. The molecule has 2 aliphatic rings. The number of carbonyl (C=O) groups excluding carboxylic acids is 1. The minimum Gasteiger partial charge on any atom is -0.390 e. The number of hydrogen-bond acceptors (Lipinski definition) is 3. The normalized spacial score (nSPS) is 23.9. The van der Waals surface area contributed by atoms with Gasteiger partial charge in [0, 0.05) is 32.1 Å². The number of aliphatic hydroxyl groups is 1. The topological polar surface area (TPSA) is 43.8 Å². The van der Waals surface area contributed by atoms with Crippen LogP contribution in [0.4, 0.5) is 0 Å². The van der Waals surface area contributed by atoms with Gasteiger partial charge in [0.1, 0.15) is 0 Å². The number of aliphatic hydroxyl groups excluding tert-OH is 1. The zero-order valence-corrected chi connectivity index (χ0v) is 10.1. The molecule has 1 heterocycles. The first-order chi connectivity index (χ1) is 7.66. The molecule has 1 aliphatic heterocycles. The lowest BCUT2D eigenvalue weighted by Crippen LogP contribution is -2.45. The van der Waals surface area contributed by atoms with E-state index in [2.05, 4.69) is 11.9 Å². The Balaban J connectivity index is 1.70. The van der Waals surface area contributed by atoms with Crippen molar-refractivity contribution in [2.45, 2.75) is 44.2 Å². The lowest BCUT2D eigenvalue weighted by molar-refractivity contribution is -0.129. The van der Waals surface area contributed by atoms with Crippen molar-refractivity contribution < 1.29 is 9.90 Å². The molecule has 0 bridgehead atoms. The van der Waals surface area contributed by atoms with Crippen LogP contribution in [-0.4, -0.2) is 59.6 Å². The van der Waals surface area contributed by atoms with Crippen LogP contribution in [0.5, 0.6) is 0 Å². The molecule has 1 saturated carbocycles. The molecule has 92 valence electrons. The molecule has 4 heteroatoms. The monoisotopic (exact) mass is 226 g/mol. The van der Waals surface area contributed by atoms with E-state index in [-0.39, 0.29) is 5.91 Å². The first-order valence-corrected chi connectivity index (χ1v) is 6.33. The van der Waals surface area contributed by atoms with Crippen LogP contribution >= 0.6 is 0 Å². The van der Waals surface area contributed by atoms with E-state index < -0.39 is 6.10 Å². The summed E-state index contributed by atoms with van der Waals surface area (Å²) < 4.78 is 0. The van der Waals surface area contributed by atoms with Crippen LogP contribution in [0, 0.1) is 0 Å². The third-order valence-electron chi connectivity index (χ3n) is 3.80. The zero-order chi connectivity index (χ0) is 11.5. The molecule has 2 rings (SSSR count). The standard InChI is InChI=1S/C12H22N2O2/c1-13(10-4-2-5-10)8-11(15)9-14-7-3-6-12(14)16/h10-11,15H,2-9H2,1H3. The van der Waals surface area contributed by atoms with Crippen LogP contribution in [0.3, 0.4) is 0 Å². The second-order valence-electron chi connectivity index (χ2n) is 5.12. The summed E-state index contributed by atoms with van der Waals surface area (Å²) in [4.78, 5) is 15.4. The molecule has 0 spiro atoms. The smallest absolute Gasteiger partial charge is 0.222 e. The van der Waals surface area contributed by atoms with Crippen LogP contribution in [0.1, 0.15) is 32.1 Å². The van der Waals surface area contributed by atoms with Gasteiger partial charge in [-0.15, -0.1) is 0 Å². The quantitative estimate of drug-likeness (QED) is 0.740. The van der Waals surface area contributed by atoms with Crippen molar-refractivity contribution in [3.63, 3.8) is 0 Å². The highest BCUT2D eigenvalue weighted by molar-refractivity contribution is 5.78. The summed E-state index contributed by atoms with van der Waals surface area (Å²) in [6.45, 7) is 2.02. The van der Waals surface area contributed by atoms with Gasteiger partial charge in [-0.2, -0.15) is 0 Å². The number of β-amino-alcohol motifs (C(OH)–C–C–N with tert-alkyl or cyclic N) is 1. The summed E-state index contributed by atoms with van der Waals surface area (Å²) in [6, 6.07) is 0.656. The van der Waals surface area contributed by atoms with Gasteiger partial charge < -0.3 is 14.9 Å². The van der Waals surface area contributed by atoms with Crippen LogP contribution in [0.25, 0.3) is 0 Å². The first kappa shape index (κ1) is 11.9. The highest BCUT2D eigenvalue weighted by Crippen LogP contribution is 2.23. The Morgan fingerprint density at radius 2 is 2.25 bits per heavy atom. The fraction of sp³-hybridized carbons (Fsp3) is 0.917. The third-order valence-corrected chi connectivity index (χ3v) is 3.80. The van der Waals surface area contributed by atoms with Crippen molar-refractivity contribution in [1.82, 2.24) is 9.80 Å². The minimum absolute atomic E-state index is 0.199. The maximum Gasteiger partial charge on any atom is 0.222 e. The van der Waals surface area contributed by atoms with Gasteiger partial charge in [-0.3, -0.25) is 4.79 Å². The molecule has 16 heavy (non-hydrogen) atoms. The van der Waals surface area contributed by atoms with Crippen molar-refractivity contribution in [2.24, 2.45) is 0 Å². The van der Waals surface area contributed by atoms with E-state index in [1.54, 1.807) is 4.90 Å². The van der Waals surface area contributed by atoms with E-state index in [0.29, 0.717) is 25.6 Å². The van der Waals surface area contributed by atoms with E-state index in [4.69, 9.17) is 0 Å². The number of hydrogen-bond donors (Lipinski definition) is 1. The molecule has 1 atom stereocenters. The SMILES string of the molecule is CN(CC(O)CN1CCCC1=O)C1CCC1. The van der Waals surface area contributed by atoms with Crippen molar-refractivity contribution in [1.29, 1.82) is 0 Å². The number of amides is 1. The maximum atomic E-state index is 11.4. The molecule has 0 radical (unpaired) electrons. The second-order valence-corrected chi connectivity index (χ2v) is 5.12. The third kappa shape index (κ3) is 2.74. The van der Waals surface area contributed by atoms with Gasteiger partial charge >= 0.3 is 0 Å². The van der Waals surface area contributed by atoms with Crippen molar-refractivity contribution in [2.75, 3.05) is 26.7 Å². The zero-order valence-electron chi connectivity index (χ0n) is 10.1. The van der Waals surface area contributed by atoms with Gasteiger partial charge in [-0.05, 0) is 26.3 Å². The molecule has 1 unspecified atom stereocenters. The second kappa shape index (κ2) is 5.15. The highest BCUT2D eigenvalue weighted by Gasteiger charge is 2.26. The van der Waals surface area contributed by atoms with Crippen LogP contribution < -0.4 is 0 Å². The van der Waals surface area contributed by atoms with Crippen molar-refractivity contribution >= 4 is 5.91 Å². The lowest BCUT2D eigenvalue weighted by Gasteiger charge is -2.36. The van der Waals surface area contributed by atoms with Gasteiger partial charge in [0.15, 0.2) is 0 Å². The average molecular weight is 226 g/mol. The van der Waals surface area contributed by atoms with Crippen LogP contribution in [0.2, 0.25) is 0 Å². The Bertz CT molecular complexity index is 253. The summed E-state index contributed by atoms with van der Waals surface area (Å²) >= 11 is 0. The molecule has 4 nitrogen and oxygen atoms in total. The molecular formula is C12H22N2O2. The van der Waals surface area contributed by atoms with Gasteiger partial charge in [-0.1, -0.05) is 6.42 Å². The molecule has 1 aliphatic carbocycles. The van der Waals surface area contributed by atoms with Gasteiger partial charge in [0.05, 0.1) is 6.10 Å². The fourth-order valence-electron chi connectivity index (χ4n) is 2.52. The molecule has 0 aromatic rings. The van der Waals surface area contributed by atoms with Crippen molar-refractivity contribution in [3.05, 3.63) is 0 Å². The number of nitrogens with zero attached hydrogens (tertiary/aromatic N) is 2. The van der Waals surface area contributed by atoms with E-state index in [1.165, 1.54) is 19.3 Å². The summed E-state index contributed by atoms with van der Waals surface area (Å²) in [5, 5.41) is 9.93. The molecule has 0 aromatic heterocycles. The Morgan fingerprint density at radius 1 is 1.50 bits per heavy atom. The molecule has 1 N–H and O–H groups in total. The predicted molar refractivity (Wildman–Crippen MR) is 62.1 cm³/mol. The Hall–Kier alpha value is -0.610. The molecule has 1 amide bonds. The van der Waals surface area contributed by atoms with E-state index in [0.717, 1.165) is 13.0 Å². The molecular weight excluding hydrogens is 204 g/mol. The maximum absolute atomic E-state index is 11.4. The number of likely N-dealkylation sites (tertiary alicyclic amines) is 1. The van der Waals surface area contributed by atoms with E-state index >= 15 is 0 Å². The summed E-state index contributed by atoms with van der Waals surface area (Å²) in [5.74, 6) is 0.199. The minimum atomic E-state index is -0.396. The molecule has 2 fully saturated rings. The van der Waals surface area contributed by atoms with Gasteiger partial charge in [0.2, 0.25) is 5.91 Å². The summed E-state index contributed by atoms with van der Waals surface area (Å²) in [6.07, 6.45) is 5.04. The fourth-order valence-corrected chi connectivity index (χ4v) is 2.52. The lowest BCUT2D eigenvalue weighted by atomic mass is 9.92. The number of likely N-dealkylation sites (N-methyl/N-ethyl adjacent to an activating group) is 1. The number of rotatable bonds is 5. The largest absolute Gasteiger partial charge is 0.390 e. The summed E-state index contributed by atoms with van der Waals surface area (Å²) in [5.41, 5.74) is 0. The van der Waals surface area contributed by atoms with Gasteiger partial charge in [0.25, 0.3) is 0 Å².